The van der Waals surface area contributed by atoms with Gasteiger partial charge in [-0.1, -0.05) is 18.2 Å². The van der Waals surface area contributed by atoms with Gasteiger partial charge in [-0.25, -0.2) is 8.42 Å². The van der Waals surface area contributed by atoms with Gasteiger partial charge in [-0.15, -0.1) is 0 Å². The van der Waals surface area contributed by atoms with E-state index in [0.29, 0.717) is 12.2 Å². The lowest BCUT2D eigenvalue weighted by Gasteiger charge is -2.27. The van der Waals surface area contributed by atoms with E-state index in [2.05, 4.69) is 0 Å². The van der Waals surface area contributed by atoms with Gasteiger partial charge in [-0.2, -0.15) is 0 Å². The molecule has 0 heterocycles. The summed E-state index contributed by atoms with van der Waals surface area (Å²) in [6, 6.07) is 13.0. The molecular formula is C20H26N2O3S. The van der Waals surface area contributed by atoms with E-state index in [0.717, 1.165) is 28.6 Å². The molecule has 6 heteroatoms. The Kier molecular flexibility index (Phi) is 6.08. The van der Waals surface area contributed by atoms with Gasteiger partial charge in [0.25, 0.3) is 0 Å². The second-order valence-corrected chi connectivity index (χ2v) is 8.42. The number of carbonyl (C=O) groups is 1. The van der Waals surface area contributed by atoms with Crippen molar-refractivity contribution < 1.29 is 13.2 Å². The molecule has 1 amide bonds. The number of carbonyl (C=O) groups excluding carboxylic acids is 1. The SMILES string of the molecule is CCN(C(=O)CN(c1ccc(C)c(C)c1)S(C)(=O)=O)c1cccc(C)c1. The average molecular weight is 375 g/mol. The third-order valence-electron chi connectivity index (χ3n) is 4.39. The van der Waals surface area contributed by atoms with E-state index in [9.17, 15) is 13.2 Å². The summed E-state index contributed by atoms with van der Waals surface area (Å²) in [5.41, 5.74) is 4.37. The topological polar surface area (TPSA) is 57.7 Å². The molecule has 0 N–H and O–H groups in total. The monoisotopic (exact) mass is 374 g/mol. The van der Waals surface area contributed by atoms with Crippen LogP contribution in [-0.4, -0.2) is 33.7 Å². The standard InChI is InChI=1S/C20H26N2O3S/c1-6-21(18-9-7-8-15(2)12-18)20(23)14-22(26(5,24)25)19-11-10-16(3)17(4)13-19/h7-13H,6,14H2,1-5H3. The molecule has 140 valence electrons. The van der Waals surface area contributed by atoms with Crippen LogP contribution in [0.3, 0.4) is 0 Å². The Morgan fingerprint density at radius 1 is 0.962 bits per heavy atom. The van der Waals surface area contributed by atoms with Crippen LogP contribution >= 0.6 is 0 Å². The van der Waals surface area contributed by atoms with E-state index in [1.54, 1.807) is 17.0 Å². The number of amides is 1. The van der Waals surface area contributed by atoms with Gasteiger partial charge < -0.3 is 4.90 Å². The molecule has 0 aliphatic rings. The molecular weight excluding hydrogens is 348 g/mol. The highest BCUT2D eigenvalue weighted by Crippen LogP contribution is 2.22. The third kappa shape index (κ3) is 4.64. The predicted molar refractivity (Wildman–Crippen MR) is 107 cm³/mol. The summed E-state index contributed by atoms with van der Waals surface area (Å²) in [5, 5.41) is 0. The number of sulfonamides is 1. The summed E-state index contributed by atoms with van der Waals surface area (Å²) in [4.78, 5) is 14.5. The van der Waals surface area contributed by atoms with Gasteiger partial charge in [-0.3, -0.25) is 9.10 Å². The second kappa shape index (κ2) is 7.91. The van der Waals surface area contributed by atoms with Crippen molar-refractivity contribution in [2.24, 2.45) is 0 Å². The lowest BCUT2D eigenvalue weighted by atomic mass is 10.1. The smallest absolute Gasteiger partial charge is 0.247 e. The van der Waals surface area contributed by atoms with Crippen LogP contribution in [0.25, 0.3) is 0 Å². The van der Waals surface area contributed by atoms with Crippen LogP contribution in [0, 0.1) is 20.8 Å². The zero-order valence-electron chi connectivity index (χ0n) is 16.0. The van der Waals surface area contributed by atoms with E-state index in [1.165, 1.54) is 4.31 Å². The number of nitrogens with zero attached hydrogens (tertiary/aromatic N) is 2. The van der Waals surface area contributed by atoms with Gasteiger partial charge in [0.2, 0.25) is 15.9 Å². The van der Waals surface area contributed by atoms with E-state index in [1.807, 2.05) is 58.0 Å². The molecule has 0 saturated heterocycles. The number of benzene rings is 2. The van der Waals surface area contributed by atoms with E-state index in [-0.39, 0.29) is 12.5 Å². The molecule has 0 bridgehead atoms. The summed E-state index contributed by atoms with van der Waals surface area (Å²) in [5.74, 6) is -0.262. The Morgan fingerprint density at radius 3 is 2.19 bits per heavy atom. The Morgan fingerprint density at radius 2 is 1.65 bits per heavy atom. The van der Waals surface area contributed by atoms with Gasteiger partial charge in [0.1, 0.15) is 6.54 Å². The Balaban J connectivity index is 2.35. The maximum absolute atomic E-state index is 12.9. The Hall–Kier alpha value is -2.34. The summed E-state index contributed by atoms with van der Waals surface area (Å²) in [6.45, 7) is 7.95. The fourth-order valence-corrected chi connectivity index (χ4v) is 3.63. The number of hydrogen-bond acceptors (Lipinski definition) is 3. The number of rotatable bonds is 6. The van der Waals surface area contributed by atoms with Crippen LogP contribution in [0.15, 0.2) is 42.5 Å². The molecule has 0 radical (unpaired) electrons. The number of aryl methyl sites for hydroxylation is 3. The molecule has 0 atom stereocenters. The quantitative estimate of drug-likeness (QED) is 0.778. The highest BCUT2D eigenvalue weighted by molar-refractivity contribution is 7.92. The first-order chi connectivity index (χ1) is 12.1. The first kappa shape index (κ1) is 20.0. The van der Waals surface area contributed by atoms with Gasteiger partial charge in [0, 0.05) is 12.2 Å². The second-order valence-electron chi connectivity index (χ2n) is 6.52. The molecule has 0 aromatic heterocycles. The number of anilines is 2. The van der Waals surface area contributed by atoms with Crippen molar-refractivity contribution in [1.82, 2.24) is 0 Å². The van der Waals surface area contributed by atoms with Gasteiger partial charge >= 0.3 is 0 Å². The molecule has 26 heavy (non-hydrogen) atoms. The normalized spacial score (nSPS) is 11.3. The molecule has 2 aromatic rings. The molecule has 0 aliphatic carbocycles. The molecule has 0 aliphatic heterocycles. The third-order valence-corrected chi connectivity index (χ3v) is 5.53. The van der Waals surface area contributed by atoms with Crippen molar-refractivity contribution in [1.29, 1.82) is 0 Å². The Bertz CT molecular complexity index is 907. The minimum Gasteiger partial charge on any atom is -0.311 e. The largest absolute Gasteiger partial charge is 0.311 e. The lowest BCUT2D eigenvalue weighted by Crippen LogP contribution is -2.43. The van der Waals surface area contributed by atoms with Crippen molar-refractivity contribution in [3.05, 3.63) is 59.2 Å². The summed E-state index contributed by atoms with van der Waals surface area (Å²) in [6.07, 6.45) is 1.12. The minimum absolute atomic E-state index is 0.233. The molecule has 0 spiro atoms. The van der Waals surface area contributed by atoms with Crippen molar-refractivity contribution in [3.8, 4) is 0 Å². The lowest BCUT2D eigenvalue weighted by molar-refractivity contribution is -0.117. The zero-order valence-corrected chi connectivity index (χ0v) is 16.8. The van der Waals surface area contributed by atoms with Crippen LogP contribution in [0.5, 0.6) is 0 Å². The summed E-state index contributed by atoms with van der Waals surface area (Å²) < 4.78 is 25.8. The van der Waals surface area contributed by atoms with Crippen LogP contribution in [-0.2, 0) is 14.8 Å². The molecule has 0 saturated carbocycles. The molecule has 5 nitrogen and oxygen atoms in total. The summed E-state index contributed by atoms with van der Waals surface area (Å²) in [7, 11) is -3.59. The van der Waals surface area contributed by atoms with E-state index in [4.69, 9.17) is 0 Å². The van der Waals surface area contributed by atoms with Gasteiger partial charge in [0.15, 0.2) is 0 Å². The van der Waals surface area contributed by atoms with Crippen molar-refractivity contribution in [3.63, 3.8) is 0 Å². The zero-order chi connectivity index (χ0) is 19.5. The maximum atomic E-state index is 12.9. The fourth-order valence-electron chi connectivity index (χ4n) is 2.79. The predicted octanol–water partition coefficient (Wildman–Crippen LogP) is 3.43. The van der Waals surface area contributed by atoms with Crippen LogP contribution in [0.2, 0.25) is 0 Å². The Labute approximate surface area is 156 Å². The van der Waals surface area contributed by atoms with Crippen molar-refractivity contribution in [2.45, 2.75) is 27.7 Å². The van der Waals surface area contributed by atoms with Crippen LogP contribution in [0.1, 0.15) is 23.6 Å². The average Bonchev–Trinajstić information content (AvgIpc) is 2.55. The van der Waals surface area contributed by atoms with E-state index < -0.39 is 10.0 Å². The first-order valence-corrected chi connectivity index (χ1v) is 10.4. The van der Waals surface area contributed by atoms with Crippen LogP contribution < -0.4 is 9.21 Å². The van der Waals surface area contributed by atoms with Gasteiger partial charge in [-0.05, 0) is 68.7 Å². The molecule has 2 aromatic carbocycles. The minimum atomic E-state index is -3.59. The highest BCUT2D eigenvalue weighted by Gasteiger charge is 2.24. The fraction of sp³-hybridized carbons (Fsp3) is 0.350. The number of likely N-dealkylation sites (N-methyl/N-ethyl adjacent to an activating group) is 1. The number of hydrogen-bond donors (Lipinski definition) is 0. The van der Waals surface area contributed by atoms with Crippen molar-refractivity contribution in [2.75, 3.05) is 28.6 Å². The molecule has 0 fully saturated rings. The first-order valence-electron chi connectivity index (χ1n) is 8.55. The van der Waals surface area contributed by atoms with Gasteiger partial charge in [0.05, 0.1) is 11.9 Å². The summed E-state index contributed by atoms with van der Waals surface area (Å²) >= 11 is 0. The highest BCUT2D eigenvalue weighted by atomic mass is 32.2. The van der Waals surface area contributed by atoms with Crippen LogP contribution in [0.4, 0.5) is 11.4 Å². The van der Waals surface area contributed by atoms with Crippen molar-refractivity contribution >= 4 is 27.3 Å². The maximum Gasteiger partial charge on any atom is 0.247 e. The molecule has 2 rings (SSSR count). The van der Waals surface area contributed by atoms with E-state index >= 15 is 0 Å². The molecule has 0 unspecified atom stereocenters.